The van der Waals surface area contributed by atoms with Gasteiger partial charge in [0.25, 0.3) is 0 Å². The number of nitrogens with zero attached hydrogens (tertiary/aromatic N) is 2. The number of methoxy groups -OCH3 is 2. The van der Waals surface area contributed by atoms with Crippen LogP contribution in [0.15, 0.2) is 18.5 Å². The maximum Gasteiger partial charge on any atom is 0.340 e. The fourth-order valence-corrected chi connectivity index (χ4v) is 1.88. The van der Waals surface area contributed by atoms with E-state index in [-0.39, 0.29) is 5.56 Å². The Bertz CT molecular complexity index is 565. The summed E-state index contributed by atoms with van der Waals surface area (Å²) in [7, 11) is 2.90. The number of halogens is 1. The average Bonchev–Trinajstić information content (AvgIpc) is 2.74. The number of carbonyl (C=O) groups is 1. The third kappa shape index (κ3) is 1.99. The van der Waals surface area contributed by atoms with Gasteiger partial charge >= 0.3 is 5.97 Å². The number of carbonyl (C=O) groups excluding carboxylic acids is 1. The minimum Gasteiger partial charge on any atom is -0.465 e. The Morgan fingerprint density at radius 1 is 1.53 bits per heavy atom. The van der Waals surface area contributed by atoms with Gasteiger partial charge < -0.3 is 14.0 Å². The molecule has 0 bridgehead atoms. The van der Waals surface area contributed by atoms with Crippen molar-refractivity contribution >= 4 is 28.6 Å². The first kappa shape index (κ1) is 11.9. The molecule has 0 aliphatic carbocycles. The van der Waals surface area contributed by atoms with E-state index < -0.39 is 5.97 Å². The van der Waals surface area contributed by atoms with Gasteiger partial charge in [-0.1, -0.05) is 11.6 Å². The highest BCUT2D eigenvalue weighted by molar-refractivity contribution is 6.38. The van der Waals surface area contributed by atoms with E-state index in [0.717, 1.165) is 0 Å². The zero-order chi connectivity index (χ0) is 12.4. The number of ether oxygens (including phenoxy) is 2. The Morgan fingerprint density at radius 3 is 2.94 bits per heavy atom. The lowest BCUT2D eigenvalue weighted by Crippen LogP contribution is -2.04. The van der Waals surface area contributed by atoms with Crippen LogP contribution >= 0.6 is 11.6 Å². The van der Waals surface area contributed by atoms with Crippen LogP contribution in [0.5, 0.6) is 0 Å². The summed E-state index contributed by atoms with van der Waals surface area (Å²) in [5, 5.41) is 1.04. The normalized spacial score (nSPS) is 10.8. The van der Waals surface area contributed by atoms with E-state index in [0.29, 0.717) is 22.8 Å². The van der Waals surface area contributed by atoms with Gasteiger partial charge in [0.15, 0.2) is 0 Å². The highest BCUT2D eigenvalue weighted by Crippen LogP contribution is 2.26. The number of aromatic nitrogens is 2. The van der Waals surface area contributed by atoms with Gasteiger partial charge in [-0.2, -0.15) is 0 Å². The number of hydrogen-bond donors (Lipinski definition) is 0. The van der Waals surface area contributed by atoms with Crippen molar-refractivity contribution < 1.29 is 14.3 Å². The van der Waals surface area contributed by atoms with Gasteiger partial charge in [-0.05, 0) is 6.07 Å². The van der Waals surface area contributed by atoms with Crippen LogP contribution in [0, 0.1) is 0 Å². The molecule has 2 rings (SSSR count). The fourth-order valence-electron chi connectivity index (χ4n) is 1.60. The molecule has 0 fully saturated rings. The number of esters is 1. The molecule has 0 aromatic carbocycles. The molecular weight excluding hydrogens is 244 g/mol. The predicted molar refractivity (Wildman–Crippen MR) is 63.1 cm³/mol. The van der Waals surface area contributed by atoms with Crippen LogP contribution < -0.4 is 0 Å². The van der Waals surface area contributed by atoms with Crippen LogP contribution in [0.25, 0.3) is 11.0 Å². The highest BCUT2D eigenvalue weighted by Gasteiger charge is 2.16. The summed E-state index contributed by atoms with van der Waals surface area (Å²) in [5.74, 6) is -0.496. The summed E-state index contributed by atoms with van der Waals surface area (Å²) < 4.78 is 11.4. The zero-order valence-corrected chi connectivity index (χ0v) is 10.2. The van der Waals surface area contributed by atoms with Crippen LogP contribution in [0.3, 0.4) is 0 Å². The average molecular weight is 255 g/mol. The second-order valence-corrected chi connectivity index (χ2v) is 3.80. The maximum absolute atomic E-state index is 11.4. The van der Waals surface area contributed by atoms with Crippen LogP contribution in [0.4, 0.5) is 0 Å². The van der Waals surface area contributed by atoms with E-state index in [9.17, 15) is 4.79 Å². The van der Waals surface area contributed by atoms with Crippen molar-refractivity contribution in [2.45, 2.75) is 6.73 Å². The van der Waals surface area contributed by atoms with Gasteiger partial charge in [0.2, 0.25) is 0 Å². The molecule has 0 atom stereocenters. The van der Waals surface area contributed by atoms with Crippen molar-refractivity contribution in [3.63, 3.8) is 0 Å². The lowest BCUT2D eigenvalue weighted by atomic mass is 10.2. The molecule has 0 unspecified atom stereocenters. The van der Waals surface area contributed by atoms with E-state index in [2.05, 4.69) is 9.72 Å². The Morgan fingerprint density at radius 2 is 2.29 bits per heavy atom. The minimum atomic E-state index is -0.496. The SMILES string of the molecule is COCn1ccc2c(Cl)c(C(=O)OC)cnc21. The Kier molecular flexibility index (Phi) is 3.31. The van der Waals surface area contributed by atoms with Gasteiger partial charge in [0.05, 0.1) is 17.7 Å². The van der Waals surface area contributed by atoms with Gasteiger partial charge in [-0.25, -0.2) is 9.78 Å². The quantitative estimate of drug-likeness (QED) is 0.787. The standard InChI is InChI=1S/C11H11ClN2O3/c1-16-6-14-4-3-7-9(12)8(11(15)17-2)5-13-10(7)14/h3-5H,6H2,1-2H3. The number of hydrogen-bond acceptors (Lipinski definition) is 4. The first-order valence-electron chi connectivity index (χ1n) is 4.89. The third-order valence-electron chi connectivity index (χ3n) is 2.40. The Hall–Kier alpha value is -1.59. The Labute approximate surface area is 103 Å². The largest absolute Gasteiger partial charge is 0.465 e. The van der Waals surface area contributed by atoms with Gasteiger partial charge in [-0.15, -0.1) is 0 Å². The first-order chi connectivity index (χ1) is 8.19. The molecule has 2 aromatic rings. The third-order valence-corrected chi connectivity index (χ3v) is 2.80. The molecule has 90 valence electrons. The van der Waals surface area contributed by atoms with E-state index in [4.69, 9.17) is 16.3 Å². The van der Waals surface area contributed by atoms with E-state index in [1.165, 1.54) is 13.3 Å². The topological polar surface area (TPSA) is 53.4 Å². The second kappa shape index (κ2) is 4.73. The van der Waals surface area contributed by atoms with E-state index in [1.807, 2.05) is 0 Å². The number of fused-ring (bicyclic) bond motifs is 1. The number of pyridine rings is 1. The lowest BCUT2D eigenvalue weighted by Gasteiger charge is -2.05. The molecule has 5 nitrogen and oxygen atoms in total. The zero-order valence-electron chi connectivity index (χ0n) is 9.44. The first-order valence-corrected chi connectivity index (χ1v) is 5.27. The summed E-state index contributed by atoms with van der Waals surface area (Å²) in [6, 6.07) is 1.79. The smallest absolute Gasteiger partial charge is 0.340 e. The van der Waals surface area contributed by atoms with Crippen LogP contribution in [0.2, 0.25) is 5.02 Å². The summed E-state index contributed by atoms with van der Waals surface area (Å²) >= 11 is 6.13. The summed E-state index contributed by atoms with van der Waals surface area (Å²) in [6.07, 6.45) is 3.21. The van der Waals surface area contributed by atoms with Crippen LogP contribution in [-0.2, 0) is 16.2 Å². The van der Waals surface area contributed by atoms with Crippen molar-refractivity contribution in [3.8, 4) is 0 Å². The van der Waals surface area contributed by atoms with Crippen molar-refractivity contribution in [2.75, 3.05) is 14.2 Å². The summed E-state index contributed by atoms with van der Waals surface area (Å²) in [5.41, 5.74) is 0.932. The summed E-state index contributed by atoms with van der Waals surface area (Å²) in [4.78, 5) is 15.6. The molecule has 2 aromatic heterocycles. The maximum atomic E-state index is 11.4. The molecule has 0 aliphatic heterocycles. The van der Waals surface area contributed by atoms with Gasteiger partial charge in [0, 0.05) is 24.9 Å². The van der Waals surface area contributed by atoms with Crippen LogP contribution in [-0.4, -0.2) is 29.7 Å². The van der Waals surface area contributed by atoms with Crippen molar-refractivity contribution in [1.82, 2.24) is 9.55 Å². The van der Waals surface area contributed by atoms with E-state index in [1.54, 1.807) is 23.9 Å². The monoisotopic (exact) mass is 254 g/mol. The molecule has 0 spiro atoms. The van der Waals surface area contributed by atoms with Crippen molar-refractivity contribution in [3.05, 3.63) is 29.0 Å². The second-order valence-electron chi connectivity index (χ2n) is 3.42. The predicted octanol–water partition coefficient (Wildman–Crippen LogP) is 2.08. The lowest BCUT2D eigenvalue weighted by molar-refractivity contribution is 0.0600. The molecule has 6 heteroatoms. The van der Waals surface area contributed by atoms with Crippen LogP contribution in [0.1, 0.15) is 10.4 Å². The van der Waals surface area contributed by atoms with Gasteiger partial charge in [-0.3, -0.25) is 0 Å². The molecule has 0 saturated carbocycles. The fraction of sp³-hybridized carbons (Fsp3) is 0.273. The molecule has 17 heavy (non-hydrogen) atoms. The van der Waals surface area contributed by atoms with Gasteiger partial charge in [0.1, 0.15) is 12.4 Å². The molecule has 0 amide bonds. The summed E-state index contributed by atoms with van der Waals surface area (Å²) in [6.45, 7) is 0.379. The van der Waals surface area contributed by atoms with Crippen molar-refractivity contribution in [2.24, 2.45) is 0 Å². The molecule has 2 heterocycles. The van der Waals surface area contributed by atoms with Crippen molar-refractivity contribution in [1.29, 1.82) is 0 Å². The Balaban J connectivity index is 2.57. The highest BCUT2D eigenvalue weighted by atomic mass is 35.5. The number of rotatable bonds is 3. The van der Waals surface area contributed by atoms with E-state index >= 15 is 0 Å². The molecular formula is C11H11ClN2O3. The molecule has 0 N–H and O–H groups in total. The minimum absolute atomic E-state index is 0.261. The molecule has 0 radical (unpaired) electrons. The molecule has 0 aliphatic rings. The molecule has 0 saturated heterocycles.